The largest absolute Gasteiger partial charge is 0.312 e. The van der Waals surface area contributed by atoms with Gasteiger partial charge in [0.25, 0.3) is 0 Å². The minimum absolute atomic E-state index is 0.760. The first-order valence-corrected chi connectivity index (χ1v) is 7.86. The van der Waals surface area contributed by atoms with Crippen LogP contribution in [0.2, 0.25) is 0 Å². The third-order valence-corrected chi connectivity index (χ3v) is 4.03. The Hall–Kier alpha value is 0.190. The lowest BCUT2D eigenvalue weighted by Crippen LogP contribution is -2.39. The van der Waals surface area contributed by atoms with E-state index in [0.29, 0.717) is 0 Å². The minimum Gasteiger partial charge on any atom is -0.312 e. The second-order valence-corrected chi connectivity index (χ2v) is 6.03. The van der Waals surface area contributed by atoms with E-state index in [9.17, 15) is 0 Å². The van der Waals surface area contributed by atoms with Crippen molar-refractivity contribution in [2.45, 2.75) is 25.3 Å². The topological polar surface area (TPSA) is 39.3 Å². The number of hydrogen-bond donors (Lipinski definition) is 3. The molecule has 0 amide bonds. The van der Waals surface area contributed by atoms with E-state index in [4.69, 9.17) is 0 Å². The van der Waals surface area contributed by atoms with Crippen LogP contribution in [0.25, 0.3) is 0 Å². The van der Waals surface area contributed by atoms with E-state index >= 15 is 0 Å². The molecule has 4 nitrogen and oxygen atoms in total. The number of thioether (sulfide) groups is 1. The third kappa shape index (κ3) is 8.85. The predicted octanol–water partition coefficient (Wildman–Crippen LogP) is 0.518. The second-order valence-electron chi connectivity index (χ2n) is 4.88. The summed E-state index contributed by atoms with van der Waals surface area (Å²) in [7, 11) is 4.27. The molecule has 1 atom stereocenters. The van der Waals surface area contributed by atoms with Crippen LogP contribution in [-0.4, -0.2) is 62.7 Å². The number of rotatable bonds is 3. The van der Waals surface area contributed by atoms with Crippen molar-refractivity contribution >= 4 is 11.8 Å². The van der Waals surface area contributed by atoms with Gasteiger partial charge in [-0.05, 0) is 39.9 Å². The van der Waals surface area contributed by atoms with Crippen LogP contribution in [0.4, 0.5) is 0 Å². The molecule has 0 aromatic carbocycles. The summed E-state index contributed by atoms with van der Waals surface area (Å²) in [4.78, 5) is 2.25. The molecule has 0 aromatic heterocycles. The molecule has 2 heterocycles. The summed E-state index contributed by atoms with van der Waals surface area (Å²) in [6.07, 6.45) is 3.94. The molecular weight excluding hydrogens is 232 g/mol. The summed E-state index contributed by atoms with van der Waals surface area (Å²) in [5.74, 6) is 2.59. The predicted molar refractivity (Wildman–Crippen MR) is 77.5 cm³/mol. The highest BCUT2D eigenvalue weighted by Gasteiger charge is 2.11. The Balaban J connectivity index is 0.000000202. The molecule has 3 N–H and O–H groups in total. The molecule has 0 aromatic rings. The maximum absolute atomic E-state index is 3.53. The average molecular weight is 260 g/mol. The van der Waals surface area contributed by atoms with Crippen molar-refractivity contribution < 1.29 is 0 Å². The van der Waals surface area contributed by atoms with Gasteiger partial charge in [-0.25, -0.2) is 0 Å². The van der Waals surface area contributed by atoms with Gasteiger partial charge < -0.3 is 10.2 Å². The Kier molecular flexibility index (Phi) is 9.10. The molecule has 2 aliphatic rings. The lowest BCUT2D eigenvalue weighted by Gasteiger charge is -2.24. The highest BCUT2D eigenvalue weighted by Crippen LogP contribution is 2.09. The minimum atomic E-state index is 0.760. The first kappa shape index (κ1) is 15.2. The van der Waals surface area contributed by atoms with Gasteiger partial charge in [-0.1, -0.05) is 0 Å². The smallest absolute Gasteiger partial charge is 0.0170 e. The monoisotopic (exact) mass is 260 g/mol. The van der Waals surface area contributed by atoms with E-state index < -0.39 is 0 Å². The Morgan fingerprint density at radius 2 is 1.82 bits per heavy atom. The van der Waals surface area contributed by atoms with E-state index in [-0.39, 0.29) is 0 Å². The van der Waals surface area contributed by atoms with Crippen molar-refractivity contribution in [3.05, 3.63) is 0 Å². The molecule has 2 saturated heterocycles. The molecule has 102 valence electrons. The van der Waals surface area contributed by atoms with Gasteiger partial charge in [-0.2, -0.15) is 11.8 Å². The molecule has 5 heteroatoms. The van der Waals surface area contributed by atoms with Crippen LogP contribution in [-0.2, 0) is 0 Å². The summed E-state index contributed by atoms with van der Waals surface area (Å²) in [5, 5.41) is 3.53. The summed E-state index contributed by atoms with van der Waals surface area (Å²) in [6.45, 7) is 4.68. The first-order valence-electron chi connectivity index (χ1n) is 6.70. The Morgan fingerprint density at radius 3 is 2.24 bits per heavy atom. The molecule has 17 heavy (non-hydrogen) atoms. The van der Waals surface area contributed by atoms with Crippen LogP contribution >= 0.6 is 11.8 Å². The molecule has 0 spiro atoms. The van der Waals surface area contributed by atoms with E-state index in [1.807, 2.05) is 0 Å². The maximum atomic E-state index is 3.53. The number of nitrogens with zero attached hydrogens (tertiary/aromatic N) is 1. The van der Waals surface area contributed by atoms with E-state index in [0.717, 1.165) is 19.1 Å². The number of hydrogen-bond acceptors (Lipinski definition) is 5. The fourth-order valence-electron chi connectivity index (χ4n) is 1.82. The lowest BCUT2D eigenvalue weighted by molar-refractivity contribution is 0.369. The van der Waals surface area contributed by atoms with Crippen LogP contribution in [0.3, 0.4) is 0 Å². The fourth-order valence-corrected chi connectivity index (χ4v) is 2.82. The van der Waals surface area contributed by atoms with Gasteiger partial charge in [0.05, 0.1) is 0 Å². The van der Waals surface area contributed by atoms with Crippen LogP contribution in [0.15, 0.2) is 0 Å². The van der Waals surface area contributed by atoms with E-state index in [1.165, 1.54) is 43.9 Å². The summed E-state index contributed by atoms with van der Waals surface area (Å²) in [5.41, 5.74) is 6.07. The number of hydrazine groups is 1. The second kappa shape index (κ2) is 10.1. The normalized spacial score (nSPS) is 25.2. The first-order chi connectivity index (χ1) is 8.29. The lowest BCUT2D eigenvalue weighted by atomic mass is 10.2. The SMILES string of the molecule is C1CCNNC1.CN(C)CCC1CSCCN1. The van der Waals surface area contributed by atoms with Crippen molar-refractivity contribution in [1.82, 2.24) is 21.1 Å². The van der Waals surface area contributed by atoms with Crippen LogP contribution in [0.1, 0.15) is 19.3 Å². The summed E-state index contributed by atoms with van der Waals surface area (Å²) in [6, 6.07) is 0.760. The zero-order valence-electron chi connectivity index (χ0n) is 11.3. The third-order valence-electron chi connectivity index (χ3n) is 2.90. The van der Waals surface area contributed by atoms with Gasteiger partial charge in [0, 0.05) is 37.2 Å². The summed E-state index contributed by atoms with van der Waals surface area (Å²) >= 11 is 2.07. The molecule has 2 rings (SSSR count). The van der Waals surface area contributed by atoms with Gasteiger partial charge in [-0.3, -0.25) is 10.9 Å². The van der Waals surface area contributed by atoms with Crippen LogP contribution < -0.4 is 16.2 Å². The molecule has 0 aliphatic carbocycles. The fraction of sp³-hybridized carbons (Fsp3) is 1.00. The zero-order valence-corrected chi connectivity index (χ0v) is 12.1. The zero-order chi connectivity index (χ0) is 12.3. The molecule has 0 bridgehead atoms. The molecular formula is C12H28N4S. The van der Waals surface area contributed by atoms with E-state index in [1.54, 1.807) is 0 Å². The summed E-state index contributed by atoms with van der Waals surface area (Å²) < 4.78 is 0. The molecule has 2 fully saturated rings. The average Bonchev–Trinajstić information content (AvgIpc) is 2.40. The highest BCUT2D eigenvalue weighted by atomic mass is 32.2. The van der Waals surface area contributed by atoms with Gasteiger partial charge in [0.1, 0.15) is 0 Å². The quantitative estimate of drug-likeness (QED) is 0.690. The van der Waals surface area contributed by atoms with Gasteiger partial charge in [0.15, 0.2) is 0 Å². The molecule has 0 radical (unpaired) electrons. The van der Waals surface area contributed by atoms with Crippen molar-refractivity contribution in [2.24, 2.45) is 0 Å². The van der Waals surface area contributed by atoms with Crippen molar-refractivity contribution in [2.75, 3.05) is 51.8 Å². The maximum Gasteiger partial charge on any atom is 0.0170 e. The van der Waals surface area contributed by atoms with Gasteiger partial charge >= 0.3 is 0 Å². The van der Waals surface area contributed by atoms with Crippen molar-refractivity contribution in [3.63, 3.8) is 0 Å². The highest BCUT2D eigenvalue weighted by molar-refractivity contribution is 7.99. The Bertz CT molecular complexity index is 156. The van der Waals surface area contributed by atoms with Crippen LogP contribution in [0, 0.1) is 0 Å². The van der Waals surface area contributed by atoms with E-state index in [2.05, 4.69) is 46.9 Å². The number of nitrogens with one attached hydrogen (secondary N) is 3. The standard InChI is InChI=1S/C8H18N2S.C4H10N2/c1-10(2)5-3-8-7-11-6-4-9-8;1-2-4-6-5-3-1/h8-9H,3-7H2,1-2H3;5-6H,1-4H2. The van der Waals surface area contributed by atoms with Crippen LogP contribution in [0.5, 0.6) is 0 Å². The van der Waals surface area contributed by atoms with Gasteiger partial charge in [-0.15, -0.1) is 0 Å². The Labute approximate surface area is 110 Å². The molecule has 0 saturated carbocycles. The molecule has 2 aliphatic heterocycles. The van der Waals surface area contributed by atoms with Crippen molar-refractivity contribution in [3.8, 4) is 0 Å². The van der Waals surface area contributed by atoms with Gasteiger partial charge in [0.2, 0.25) is 0 Å². The van der Waals surface area contributed by atoms with Crippen molar-refractivity contribution in [1.29, 1.82) is 0 Å². The molecule has 1 unspecified atom stereocenters. The Morgan fingerprint density at radius 1 is 1.12 bits per heavy atom.